The predicted molar refractivity (Wildman–Crippen MR) is 90.1 cm³/mol. The molecular formula is C15H30N6. The van der Waals surface area contributed by atoms with E-state index in [-0.39, 0.29) is 0 Å². The minimum Gasteiger partial charge on any atom is -0.354 e. The van der Waals surface area contributed by atoms with Crippen LogP contribution in [0.5, 0.6) is 0 Å². The summed E-state index contributed by atoms with van der Waals surface area (Å²) in [5.41, 5.74) is 0. The molecule has 120 valence electrons. The van der Waals surface area contributed by atoms with Crippen LogP contribution in [0.1, 0.15) is 48.0 Å². The highest BCUT2D eigenvalue weighted by Gasteiger charge is 2.15. The van der Waals surface area contributed by atoms with Crippen molar-refractivity contribution in [3.8, 4) is 0 Å². The van der Waals surface area contributed by atoms with Crippen molar-refractivity contribution in [2.24, 2.45) is 5.92 Å². The number of nitrogens with zero attached hydrogens (tertiary/aromatic N) is 4. The van der Waals surface area contributed by atoms with E-state index in [1.807, 2.05) is 6.92 Å². The number of nitrogens with one attached hydrogen (secondary N) is 2. The van der Waals surface area contributed by atoms with Crippen molar-refractivity contribution >= 4 is 17.8 Å². The van der Waals surface area contributed by atoms with Gasteiger partial charge in [0.2, 0.25) is 17.8 Å². The second-order valence-electron chi connectivity index (χ2n) is 5.39. The SMILES string of the molecule is CCNc1nc(NC(CC)C(C)C)nc(N(CC)CC)n1. The number of aromatic nitrogens is 3. The lowest BCUT2D eigenvalue weighted by Crippen LogP contribution is -2.28. The summed E-state index contributed by atoms with van der Waals surface area (Å²) in [4.78, 5) is 15.7. The zero-order valence-corrected chi connectivity index (χ0v) is 14.3. The molecule has 1 unspecified atom stereocenters. The van der Waals surface area contributed by atoms with Gasteiger partial charge in [-0.15, -0.1) is 0 Å². The van der Waals surface area contributed by atoms with Crippen molar-refractivity contribution in [3.63, 3.8) is 0 Å². The highest BCUT2D eigenvalue weighted by Crippen LogP contribution is 2.17. The van der Waals surface area contributed by atoms with Crippen LogP contribution in [0.4, 0.5) is 17.8 Å². The fourth-order valence-electron chi connectivity index (χ4n) is 2.22. The van der Waals surface area contributed by atoms with Gasteiger partial charge in [-0.2, -0.15) is 15.0 Å². The van der Waals surface area contributed by atoms with Gasteiger partial charge >= 0.3 is 0 Å². The molecule has 1 heterocycles. The Morgan fingerprint density at radius 1 is 0.952 bits per heavy atom. The van der Waals surface area contributed by atoms with E-state index >= 15 is 0 Å². The Labute approximate surface area is 128 Å². The summed E-state index contributed by atoms with van der Waals surface area (Å²) >= 11 is 0. The van der Waals surface area contributed by atoms with E-state index in [1.54, 1.807) is 0 Å². The van der Waals surface area contributed by atoms with E-state index in [1.165, 1.54) is 0 Å². The standard InChI is InChI=1S/C15H30N6/c1-7-12(11(5)6)17-14-18-13(16-8-2)19-15(20-14)21(9-3)10-4/h11-12H,7-10H2,1-6H3,(H2,16,17,18,19,20). The van der Waals surface area contributed by atoms with E-state index in [0.717, 1.165) is 32.0 Å². The molecule has 1 rings (SSSR count). The molecule has 21 heavy (non-hydrogen) atoms. The van der Waals surface area contributed by atoms with Crippen LogP contribution in [-0.4, -0.2) is 40.6 Å². The van der Waals surface area contributed by atoms with Crippen molar-refractivity contribution in [2.75, 3.05) is 35.2 Å². The minimum atomic E-state index is 0.367. The fourth-order valence-corrected chi connectivity index (χ4v) is 2.22. The zero-order valence-electron chi connectivity index (χ0n) is 14.3. The summed E-state index contributed by atoms with van der Waals surface area (Å²) in [5.74, 6) is 2.55. The van der Waals surface area contributed by atoms with Crippen molar-refractivity contribution in [2.45, 2.75) is 54.0 Å². The first-order valence-electron chi connectivity index (χ1n) is 8.06. The Hall–Kier alpha value is -1.59. The van der Waals surface area contributed by atoms with E-state index in [0.29, 0.717) is 23.9 Å². The van der Waals surface area contributed by atoms with Gasteiger partial charge in [0.25, 0.3) is 0 Å². The molecule has 6 heteroatoms. The van der Waals surface area contributed by atoms with Crippen LogP contribution in [0.2, 0.25) is 0 Å². The summed E-state index contributed by atoms with van der Waals surface area (Å²) in [6.45, 7) is 15.4. The molecule has 0 radical (unpaired) electrons. The molecule has 0 fully saturated rings. The molecule has 1 aromatic rings. The lowest BCUT2D eigenvalue weighted by atomic mass is 10.0. The first-order chi connectivity index (χ1) is 10.0. The van der Waals surface area contributed by atoms with Gasteiger partial charge in [0.05, 0.1) is 0 Å². The normalized spacial score (nSPS) is 12.3. The van der Waals surface area contributed by atoms with Crippen molar-refractivity contribution in [1.82, 2.24) is 15.0 Å². The molecular weight excluding hydrogens is 264 g/mol. The van der Waals surface area contributed by atoms with E-state index in [9.17, 15) is 0 Å². The van der Waals surface area contributed by atoms with Gasteiger partial charge in [-0.05, 0) is 33.1 Å². The molecule has 0 spiro atoms. The summed E-state index contributed by atoms with van der Waals surface area (Å²) < 4.78 is 0. The largest absolute Gasteiger partial charge is 0.354 e. The third kappa shape index (κ3) is 5.02. The van der Waals surface area contributed by atoms with E-state index < -0.39 is 0 Å². The molecule has 0 aliphatic heterocycles. The second kappa shape index (κ2) is 8.64. The summed E-state index contributed by atoms with van der Waals surface area (Å²) in [5, 5.41) is 6.62. The Bertz CT molecular complexity index is 417. The second-order valence-corrected chi connectivity index (χ2v) is 5.39. The van der Waals surface area contributed by atoms with Crippen LogP contribution in [0.3, 0.4) is 0 Å². The molecule has 1 aromatic heterocycles. The van der Waals surface area contributed by atoms with Gasteiger partial charge in [-0.3, -0.25) is 0 Å². The number of anilines is 3. The Balaban J connectivity index is 3.06. The van der Waals surface area contributed by atoms with Gasteiger partial charge in [0, 0.05) is 25.7 Å². The Morgan fingerprint density at radius 2 is 1.57 bits per heavy atom. The molecule has 2 N–H and O–H groups in total. The van der Waals surface area contributed by atoms with Gasteiger partial charge < -0.3 is 15.5 Å². The quantitative estimate of drug-likeness (QED) is 0.730. The highest BCUT2D eigenvalue weighted by atomic mass is 15.3. The number of hydrogen-bond acceptors (Lipinski definition) is 6. The maximum atomic E-state index is 4.58. The molecule has 0 bridgehead atoms. The molecule has 0 amide bonds. The van der Waals surface area contributed by atoms with Gasteiger partial charge in [0.1, 0.15) is 0 Å². The molecule has 0 aliphatic rings. The molecule has 0 aromatic carbocycles. The average molecular weight is 294 g/mol. The lowest BCUT2D eigenvalue weighted by molar-refractivity contribution is 0.508. The first kappa shape index (κ1) is 17.5. The smallest absolute Gasteiger partial charge is 0.231 e. The maximum absolute atomic E-state index is 4.58. The molecule has 0 aliphatic carbocycles. The average Bonchev–Trinajstić information content (AvgIpc) is 2.46. The van der Waals surface area contributed by atoms with E-state index in [2.05, 4.69) is 65.1 Å². The predicted octanol–water partition coefficient (Wildman–Crippen LogP) is 3.00. The van der Waals surface area contributed by atoms with Crippen molar-refractivity contribution in [1.29, 1.82) is 0 Å². The van der Waals surface area contributed by atoms with Crippen LogP contribution in [0, 0.1) is 5.92 Å². The highest BCUT2D eigenvalue weighted by molar-refractivity contribution is 5.44. The monoisotopic (exact) mass is 294 g/mol. The van der Waals surface area contributed by atoms with Gasteiger partial charge in [-0.25, -0.2) is 0 Å². The summed E-state index contributed by atoms with van der Waals surface area (Å²) in [6.07, 6.45) is 1.04. The Kier molecular flexibility index (Phi) is 7.19. The van der Waals surface area contributed by atoms with Crippen molar-refractivity contribution < 1.29 is 0 Å². The number of rotatable bonds is 9. The fraction of sp³-hybridized carbons (Fsp3) is 0.800. The molecule has 0 saturated carbocycles. The van der Waals surface area contributed by atoms with Crippen LogP contribution in [0.15, 0.2) is 0 Å². The van der Waals surface area contributed by atoms with Gasteiger partial charge in [-0.1, -0.05) is 20.8 Å². The van der Waals surface area contributed by atoms with Crippen LogP contribution in [0.25, 0.3) is 0 Å². The number of hydrogen-bond donors (Lipinski definition) is 2. The van der Waals surface area contributed by atoms with Crippen LogP contribution in [-0.2, 0) is 0 Å². The zero-order chi connectivity index (χ0) is 15.8. The third-order valence-corrected chi connectivity index (χ3v) is 3.56. The third-order valence-electron chi connectivity index (χ3n) is 3.56. The summed E-state index contributed by atoms with van der Waals surface area (Å²) in [6, 6.07) is 0.367. The lowest BCUT2D eigenvalue weighted by Gasteiger charge is -2.23. The first-order valence-corrected chi connectivity index (χ1v) is 8.06. The molecule has 1 atom stereocenters. The van der Waals surface area contributed by atoms with Gasteiger partial charge in [0.15, 0.2) is 0 Å². The van der Waals surface area contributed by atoms with Crippen LogP contribution < -0.4 is 15.5 Å². The minimum absolute atomic E-state index is 0.367. The van der Waals surface area contributed by atoms with Crippen molar-refractivity contribution in [3.05, 3.63) is 0 Å². The van der Waals surface area contributed by atoms with E-state index in [4.69, 9.17) is 0 Å². The summed E-state index contributed by atoms with van der Waals surface area (Å²) in [7, 11) is 0. The van der Waals surface area contributed by atoms with Crippen LogP contribution >= 0.6 is 0 Å². The Morgan fingerprint density at radius 3 is 2.05 bits per heavy atom. The molecule has 0 saturated heterocycles. The topological polar surface area (TPSA) is 66.0 Å². The molecule has 6 nitrogen and oxygen atoms in total. The maximum Gasteiger partial charge on any atom is 0.231 e.